The highest BCUT2D eigenvalue weighted by Gasteiger charge is 2.48. The van der Waals surface area contributed by atoms with Crippen molar-refractivity contribution >= 4 is 39.7 Å². The number of carbonyl (C=O) groups is 3. The Hall–Kier alpha value is -6.01. The molecule has 6 aromatic rings. The number of rotatable bonds is 12. The predicted octanol–water partition coefficient (Wildman–Crippen LogP) is 9.73. The molecule has 0 radical (unpaired) electrons. The molecule has 0 spiro atoms. The van der Waals surface area contributed by atoms with Crippen LogP contribution in [0.3, 0.4) is 0 Å². The van der Waals surface area contributed by atoms with E-state index >= 15 is 0 Å². The first-order valence-electron chi connectivity index (χ1n) is 23.0. The molecule has 1 saturated carbocycles. The molecule has 3 aliphatic rings. The molecule has 1 aliphatic carbocycles. The average molecular weight is 849 g/mol. The second kappa shape index (κ2) is 18.0. The number of nitrogens with one attached hydrogen (secondary N) is 3. The number of hydrogen-bond acceptors (Lipinski definition) is 7. The van der Waals surface area contributed by atoms with Crippen molar-refractivity contribution in [2.75, 3.05) is 26.7 Å². The first-order chi connectivity index (χ1) is 30.6. The molecule has 3 fully saturated rings. The minimum atomic E-state index is -0.683. The largest absolute Gasteiger partial charge is 0.453 e. The van der Waals surface area contributed by atoms with Gasteiger partial charge in [0.2, 0.25) is 11.8 Å². The molecule has 63 heavy (non-hydrogen) atoms. The van der Waals surface area contributed by atoms with Crippen LogP contribution in [0.15, 0.2) is 91.1 Å². The van der Waals surface area contributed by atoms with Gasteiger partial charge >= 0.3 is 6.09 Å². The van der Waals surface area contributed by atoms with Gasteiger partial charge in [0, 0.05) is 18.2 Å². The van der Waals surface area contributed by atoms with E-state index < -0.39 is 12.1 Å². The summed E-state index contributed by atoms with van der Waals surface area (Å²) in [5.74, 6) is 2.07. The summed E-state index contributed by atoms with van der Waals surface area (Å²) in [6.07, 6.45) is 8.38. The van der Waals surface area contributed by atoms with E-state index in [4.69, 9.17) is 14.7 Å². The Kier molecular flexibility index (Phi) is 12.1. The average Bonchev–Trinajstić information content (AvgIpc) is 4.14. The fourth-order valence-corrected chi connectivity index (χ4v) is 10.7. The highest BCUT2D eigenvalue weighted by Crippen LogP contribution is 2.47. The summed E-state index contributed by atoms with van der Waals surface area (Å²) in [7, 11) is 1.30. The van der Waals surface area contributed by atoms with Crippen LogP contribution < -0.4 is 5.32 Å². The summed E-state index contributed by atoms with van der Waals surface area (Å²) in [6.45, 7) is 10.3. The Bertz CT molecular complexity index is 2600. The van der Waals surface area contributed by atoms with Gasteiger partial charge in [-0.1, -0.05) is 101 Å². The molecule has 328 valence electrons. The van der Waals surface area contributed by atoms with Crippen LogP contribution in [0.25, 0.3) is 44.2 Å². The molecule has 12 heteroatoms. The number of likely N-dealkylation sites (tertiary alicyclic amines) is 2. The van der Waals surface area contributed by atoms with Crippen molar-refractivity contribution in [3.8, 4) is 22.4 Å². The minimum absolute atomic E-state index is 0.100. The van der Waals surface area contributed by atoms with Gasteiger partial charge in [-0.05, 0) is 109 Å². The third-order valence-corrected chi connectivity index (χ3v) is 14.0. The van der Waals surface area contributed by atoms with Gasteiger partial charge < -0.3 is 29.8 Å². The molecule has 2 saturated heterocycles. The third kappa shape index (κ3) is 8.21. The van der Waals surface area contributed by atoms with Gasteiger partial charge in [0.15, 0.2) is 0 Å². The number of aromatic nitrogens is 4. The number of imidazole rings is 2. The lowest BCUT2D eigenvalue weighted by atomic mass is 9.84. The van der Waals surface area contributed by atoms with Crippen LogP contribution in [-0.2, 0) is 14.3 Å². The quantitative estimate of drug-likeness (QED) is 0.111. The zero-order valence-electron chi connectivity index (χ0n) is 37.1. The molecule has 12 nitrogen and oxygen atoms in total. The van der Waals surface area contributed by atoms with E-state index in [2.05, 4.69) is 106 Å². The van der Waals surface area contributed by atoms with Crippen LogP contribution in [-0.4, -0.2) is 91.4 Å². The van der Waals surface area contributed by atoms with Crippen molar-refractivity contribution in [2.45, 2.75) is 103 Å². The molecular formula is C51H60N8O4. The van der Waals surface area contributed by atoms with Crippen molar-refractivity contribution < 1.29 is 19.1 Å². The van der Waals surface area contributed by atoms with Crippen LogP contribution in [0.1, 0.15) is 108 Å². The predicted molar refractivity (Wildman–Crippen MR) is 247 cm³/mol. The lowest BCUT2D eigenvalue weighted by Crippen LogP contribution is -2.51. The highest BCUT2D eigenvalue weighted by molar-refractivity contribution is 5.92. The van der Waals surface area contributed by atoms with Gasteiger partial charge in [-0.3, -0.25) is 14.5 Å². The second-order valence-electron chi connectivity index (χ2n) is 18.0. The van der Waals surface area contributed by atoms with Crippen LogP contribution >= 0.6 is 0 Å². The number of fused-ring (bicyclic) bond motifs is 3. The second-order valence-corrected chi connectivity index (χ2v) is 18.0. The topological polar surface area (TPSA) is 140 Å². The van der Waals surface area contributed by atoms with E-state index in [9.17, 15) is 14.4 Å². The van der Waals surface area contributed by atoms with Gasteiger partial charge in [-0.2, -0.15) is 0 Å². The van der Waals surface area contributed by atoms with Crippen LogP contribution in [0.4, 0.5) is 4.79 Å². The SMILES string of the molecule is CCN(CC)[C@@H](C(=O)N1[C@H](c2nc3ccc(-c4ccc5cc(-c6cnc([C@@H]7CCCN7C(=O)[C@@H](NC(=O)OC)C(C)C)[nH]6)ccc5c4)cc3[nH]2)C[C@@H]2CCCC[C@@H]21)c1ccccc1. The molecule has 0 unspecified atom stereocenters. The molecule has 4 heterocycles. The number of hydrogen-bond donors (Lipinski definition) is 3. The number of amides is 3. The molecule has 3 N–H and O–H groups in total. The number of nitrogens with zero attached hydrogens (tertiary/aromatic N) is 5. The standard InChI is InChI=1S/C51H60N8O4/c1-6-57(7-2)46(32-14-9-8-10-15-32)50(61)59-42-17-12-11-16-38(42)29-44(59)48-53-39-24-23-36(28-40(39)54-48)34-19-20-35-27-37(22-21-33(35)26-34)41-30-52-47(55-41)43-18-13-25-58(43)49(60)45(31(3)4)56-51(62)63-5/h8-10,14-15,19-24,26-28,30-31,38,42-46H,6-7,11-13,16-18,25,29H2,1-5H3,(H,52,55)(H,53,54)(H,56,62)/t38-,42-,43-,44-,45-,46+/m0/s1. The number of carbonyl (C=O) groups excluding carboxylic acids is 3. The summed E-state index contributed by atoms with van der Waals surface area (Å²) >= 11 is 0. The number of aromatic amines is 2. The zero-order chi connectivity index (χ0) is 43.8. The van der Waals surface area contributed by atoms with E-state index in [1.165, 1.54) is 13.5 Å². The van der Waals surface area contributed by atoms with Gasteiger partial charge in [0.1, 0.15) is 23.7 Å². The number of benzene rings is 4. The van der Waals surface area contributed by atoms with Gasteiger partial charge in [-0.25, -0.2) is 14.8 Å². The van der Waals surface area contributed by atoms with E-state index in [0.717, 1.165) is 113 Å². The zero-order valence-corrected chi connectivity index (χ0v) is 37.1. The summed E-state index contributed by atoms with van der Waals surface area (Å²) < 4.78 is 4.79. The normalized spacial score (nSPS) is 21.0. The first-order valence-corrected chi connectivity index (χ1v) is 23.0. The molecule has 3 amide bonds. The minimum Gasteiger partial charge on any atom is -0.453 e. The maximum atomic E-state index is 15.0. The number of alkyl carbamates (subject to hydrolysis) is 1. The van der Waals surface area contributed by atoms with Crippen LogP contribution in [0.5, 0.6) is 0 Å². The number of likely N-dealkylation sites (N-methyl/N-ethyl adjacent to an activating group) is 1. The smallest absolute Gasteiger partial charge is 0.407 e. The number of ether oxygens (including phenoxy) is 1. The number of H-pyrrole nitrogens is 2. The maximum absolute atomic E-state index is 15.0. The van der Waals surface area contributed by atoms with Crippen molar-refractivity contribution in [2.24, 2.45) is 11.8 Å². The van der Waals surface area contributed by atoms with E-state index in [-0.39, 0.29) is 41.9 Å². The number of methoxy groups -OCH3 is 1. The van der Waals surface area contributed by atoms with E-state index in [1.807, 2.05) is 43.1 Å². The lowest BCUT2D eigenvalue weighted by Gasteiger charge is -2.39. The van der Waals surface area contributed by atoms with Crippen molar-refractivity contribution in [3.63, 3.8) is 0 Å². The van der Waals surface area contributed by atoms with E-state index in [1.54, 1.807) is 0 Å². The summed E-state index contributed by atoms with van der Waals surface area (Å²) in [5, 5.41) is 4.95. The molecule has 6 atom stereocenters. The summed E-state index contributed by atoms with van der Waals surface area (Å²) in [6, 6.07) is 28.6. The Balaban J connectivity index is 0.949. The van der Waals surface area contributed by atoms with Crippen LogP contribution in [0.2, 0.25) is 0 Å². The molecule has 9 rings (SSSR count). The molecule has 0 bridgehead atoms. The maximum Gasteiger partial charge on any atom is 0.407 e. The van der Waals surface area contributed by atoms with Crippen molar-refractivity contribution in [1.29, 1.82) is 0 Å². The molecule has 4 aromatic carbocycles. The van der Waals surface area contributed by atoms with Crippen molar-refractivity contribution in [3.05, 3.63) is 108 Å². The van der Waals surface area contributed by atoms with Gasteiger partial charge in [0.05, 0.1) is 42.1 Å². The summed E-state index contributed by atoms with van der Waals surface area (Å²) in [5.41, 5.74) is 7.03. The first kappa shape index (κ1) is 42.3. The lowest BCUT2D eigenvalue weighted by molar-refractivity contribution is -0.141. The molecular weight excluding hydrogens is 789 g/mol. The monoisotopic (exact) mass is 848 g/mol. The highest BCUT2D eigenvalue weighted by atomic mass is 16.5. The van der Waals surface area contributed by atoms with Gasteiger partial charge in [-0.15, -0.1) is 0 Å². The third-order valence-electron chi connectivity index (χ3n) is 14.0. The Morgan fingerprint density at radius 1 is 0.810 bits per heavy atom. The Labute approximate surface area is 369 Å². The molecule has 2 aliphatic heterocycles. The van der Waals surface area contributed by atoms with Crippen LogP contribution in [0, 0.1) is 11.8 Å². The fraction of sp³-hybridized carbons (Fsp3) is 0.431. The van der Waals surface area contributed by atoms with Crippen molar-refractivity contribution in [1.82, 2.24) is 40.0 Å². The van der Waals surface area contributed by atoms with Gasteiger partial charge in [0.25, 0.3) is 0 Å². The molecule has 2 aromatic heterocycles. The Morgan fingerprint density at radius 3 is 2.27 bits per heavy atom. The van der Waals surface area contributed by atoms with E-state index in [0.29, 0.717) is 12.5 Å². The summed E-state index contributed by atoms with van der Waals surface area (Å²) in [4.78, 5) is 64.2. The Morgan fingerprint density at radius 2 is 1.52 bits per heavy atom. The fourth-order valence-electron chi connectivity index (χ4n) is 10.7.